The lowest BCUT2D eigenvalue weighted by Crippen LogP contribution is -2.52. The van der Waals surface area contributed by atoms with Crippen molar-refractivity contribution >= 4 is 5.91 Å². The third-order valence-corrected chi connectivity index (χ3v) is 6.80. The van der Waals surface area contributed by atoms with Gasteiger partial charge in [-0.3, -0.25) is 4.79 Å². The number of fused-ring (bicyclic) bond motifs is 4. The Morgan fingerprint density at radius 1 is 1.26 bits per heavy atom. The molecular formula is C22H27N3O2. The molecule has 2 aliphatic rings. The van der Waals surface area contributed by atoms with Crippen molar-refractivity contribution < 1.29 is 9.53 Å². The Morgan fingerprint density at radius 3 is 2.67 bits per heavy atom. The number of ether oxygens (including phenoxy) is 1. The molecule has 0 spiro atoms. The zero-order valence-electron chi connectivity index (χ0n) is 16.7. The van der Waals surface area contributed by atoms with Crippen LogP contribution < -0.4 is 10.5 Å². The number of aromatic nitrogens is 2. The Labute approximate surface area is 160 Å². The number of rotatable bonds is 2. The summed E-state index contributed by atoms with van der Waals surface area (Å²) in [4.78, 5) is 21.1. The molecule has 0 aliphatic heterocycles. The van der Waals surface area contributed by atoms with Crippen molar-refractivity contribution in [2.24, 2.45) is 11.7 Å². The summed E-state index contributed by atoms with van der Waals surface area (Å²) < 4.78 is 5.51. The molecule has 2 aliphatic carbocycles. The first kappa shape index (κ1) is 18.0. The second-order valence-corrected chi connectivity index (χ2v) is 8.77. The second-order valence-electron chi connectivity index (χ2n) is 8.77. The van der Waals surface area contributed by atoms with Crippen molar-refractivity contribution in [3.8, 4) is 5.75 Å². The van der Waals surface area contributed by atoms with E-state index in [9.17, 15) is 4.79 Å². The minimum Gasteiger partial charge on any atom is -0.496 e. The van der Waals surface area contributed by atoms with Crippen LogP contribution in [0.3, 0.4) is 0 Å². The van der Waals surface area contributed by atoms with Gasteiger partial charge in [-0.25, -0.2) is 9.97 Å². The summed E-state index contributed by atoms with van der Waals surface area (Å²) in [6.45, 7) is 8.90. The van der Waals surface area contributed by atoms with Crippen LogP contribution in [0.5, 0.6) is 5.75 Å². The van der Waals surface area contributed by atoms with Gasteiger partial charge < -0.3 is 10.5 Å². The molecule has 5 nitrogen and oxygen atoms in total. The van der Waals surface area contributed by atoms with Gasteiger partial charge in [0.25, 0.3) is 5.91 Å². The standard InChI is InChI=1S/C22H27N3O2/c1-12-24-11-14-10-22(4)16-9-17(27-5)15(20(23)26)8-13(16)6-7-18(22)21(2,3)19(14)25-12/h8-9,11,18H,6-7,10H2,1-5H3,(H2,23,26)/t18?,22-/m1/s1. The predicted octanol–water partition coefficient (Wildman–Crippen LogP) is 3.25. The highest BCUT2D eigenvalue weighted by molar-refractivity contribution is 5.96. The first-order valence-electron chi connectivity index (χ1n) is 9.52. The van der Waals surface area contributed by atoms with Gasteiger partial charge in [0.15, 0.2) is 0 Å². The minimum atomic E-state index is -0.444. The normalized spacial score (nSPS) is 25.1. The number of methoxy groups -OCH3 is 1. The summed E-state index contributed by atoms with van der Waals surface area (Å²) in [7, 11) is 1.59. The molecule has 0 fully saturated rings. The number of hydrogen-bond acceptors (Lipinski definition) is 4. The lowest BCUT2D eigenvalue weighted by molar-refractivity contribution is 0.0996. The molecule has 142 valence electrons. The second kappa shape index (κ2) is 5.78. The Morgan fingerprint density at radius 2 is 2.00 bits per heavy atom. The lowest BCUT2D eigenvalue weighted by atomic mass is 9.50. The number of hydrogen-bond donors (Lipinski definition) is 1. The van der Waals surface area contributed by atoms with Gasteiger partial charge >= 0.3 is 0 Å². The zero-order chi connectivity index (χ0) is 19.6. The maximum Gasteiger partial charge on any atom is 0.252 e. The quantitative estimate of drug-likeness (QED) is 0.886. The number of aryl methyl sites for hydroxylation is 2. The Kier molecular flexibility index (Phi) is 3.85. The van der Waals surface area contributed by atoms with Crippen LogP contribution in [0.25, 0.3) is 0 Å². The van der Waals surface area contributed by atoms with Gasteiger partial charge in [0.05, 0.1) is 18.4 Å². The van der Waals surface area contributed by atoms with E-state index in [4.69, 9.17) is 15.5 Å². The van der Waals surface area contributed by atoms with Crippen LogP contribution in [0.1, 0.15) is 65.8 Å². The predicted molar refractivity (Wildman–Crippen MR) is 104 cm³/mol. The number of primary amides is 1. The monoisotopic (exact) mass is 365 g/mol. The van der Waals surface area contributed by atoms with E-state index in [1.165, 1.54) is 22.4 Å². The zero-order valence-corrected chi connectivity index (χ0v) is 16.7. The van der Waals surface area contributed by atoms with Gasteiger partial charge in [0, 0.05) is 17.0 Å². The SMILES string of the molecule is COc1cc2c(cc1C(N)=O)CCC1C(C)(C)c3nc(C)ncc3C[C@]21C. The number of benzene rings is 1. The lowest BCUT2D eigenvalue weighted by Gasteiger charge is -2.54. The van der Waals surface area contributed by atoms with Gasteiger partial charge in [-0.1, -0.05) is 20.8 Å². The van der Waals surface area contributed by atoms with Crippen molar-refractivity contribution in [2.45, 2.75) is 57.8 Å². The molecule has 5 heteroatoms. The van der Waals surface area contributed by atoms with E-state index in [2.05, 4.69) is 25.8 Å². The van der Waals surface area contributed by atoms with Crippen LogP contribution in [-0.4, -0.2) is 23.0 Å². The van der Waals surface area contributed by atoms with E-state index < -0.39 is 5.91 Å². The summed E-state index contributed by atoms with van der Waals surface area (Å²) >= 11 is 0. The van der Waals surface area contributed by atoms with E-state index in [1.807, 2.05) is 25.3 Å². The van der Waals surface area contributed by atoms with E-state index in [0.29, 0.717) is 17.2 Å². The molecule has 27 heavy (non-hydrogen) atoms. The minimum absolute atomic E-state index is 0.0523. The molecule has 0 radical (unpaired) electrons. The van der Waals surface area contributed by atoms with Gasteiger partial charge in [-0.15, -0.1) is 0 Å². The largest absolute Gasteiger partial charge is 0.496 e. The molecule has 4 rings (SSSR count). The van der Waals surface area contributed by atoms with Crippen molar-refractivity contribution in [2.75, 3.05) is 7.11 Å². The molecule has 1 unspecified atom stereocenters. The Hall–Kier alpha value is -2.43. The molecule has 1 amide bonds. The van der Waals surface area contributed by atoms with Gasteiger partial charge in [0.2, 0.25) is 0 Å². The summed E-state index contributed by atoms with van der Waals surface area (Å²) in [5, 5.41) is 0. The average Bonchev–Trinajstić information content (AvgIpc) is 2.61. The van der Waals surface area contributed by atoms with Gasteiger partial charge in [-0.05, 0) is 60.9 Å². The molecule has 1 heterocycles. The molecule has 1 aromatic carbocycles. The van der Waals surface area contributed by atoms with Gasteiger partial charge in [0.1, 0.15) is 11.6 Å². The van der Waals surface area contributed by atoms with Crippen LogP contribution in [0.15, 0.2) is 18.3 Å². The molecule has 0 saturated heterocycles. The fraction of sp³-hybridized carbons (Fsp3) is 0.500. The number of nitrogens with two attached hydrogens (primary N) is 1. The van der Waals surface area contributed by atoms with E-state index in [-0.39, 0.29) is 10.8 Å². The van der Waals surface area contributed by atoms with E-state index in [1.54, 1.807) is 7.11 Å². The molecule has 2 N–H and O–H groups in total. The Bertz CT molecular complexity index is 951. The van der Waals surface area contributed by atoms with Crippen molar-refractivity contribution in [1.82, 2.24) is 9.97 Å². The highest BCUT2D eigenvalue weighted by Gasteiger charge is 2.53. The number of carbonyl (C=O) groups is 1. The highest BCUT2D eigenvalue weighted by atomic mass is 16.5. The highest BCUT2D eigenvalue weighted by Crippen LogP contribution is 2.56. The third kappa shape index (κ3) is 2.47. The first-order valence-corrected chi connectivity index (χ1v) is 9.52. The molecule has 1 aromatic heterocycles. The topological polar surface area (TPSA) is 78.1 Å². The molecule has 0 bridgehead atoms. The van der Waals surface area contributed by atoms with Crippen molar-refractivity contribution in [3.05, 3.63) is 52.1 Å². The fourth-order valence-corrected chi connectivity index (χ4v) is 5.65. The van der Waals surface area contributed by atoms with E-state index >= 15 is 0 Å². The molecule has 2 atom stereocenters. The van der Waals surface area contributed by atoms with Crippen LogP contribution in [-0.2, 0) is 23.7 Å². The van der Waals surface area contributed by atoms with Gasteiger partial charge in [-0.2, -0.15) is 0 Å². The van der Waals surface area contributed by atoms with E-state index in [0.717, 1.165) is 25.1 Å². The smallest absolute Gasteiger partial charge is 0.252 e. The van der Waals surface area contributed by atoms with Crippen LogP contribution in [0.4, 0.5) is 0 Å². The fourth-order valence-electron chi connectivity index (χ4n) is 5.65. The molecule has 2 aromatic rings. The van der Waals surface area contributed by atoms with Crippen LogP contribution in [0, 0.1) is 12.8 Å². The maximum atomic E-state index is 11.9. The Balaban J connectivity index is 1.93. The number of carbonyl (C=O) groups excluding carboxylic acids is 1. The van der Waals surface area contributed by atoms with Crippen molar-refractivity contribution in [3.63, 3.8) is 0 Å². The van der Waals surface area contributed by atoms with Crippen LogP contribution in [0.2, 0.25) is 0 Å². The molecule has 0 saturated carbocycles. The number of amides is 1. The summed E-state index contributed by atoms with van der Waals surface area (Å²) in [6, 6.07) is 3.98. The number of nitrogens with zero attached hydrogens (tertiary/aromatic N) is 2. The third-order valence-electron chi connectivity index (χ3n) is 6.80. The summed E-state index contributed by atoms with van der Waals surface area (Å²) in [5.41, 5.74) is 10.8. The maximum absolute atomic E-state index is 11.9. The summed E-state index contributed by atoms with van der Waals surface area (Å²) in [5.74, 6) is 1.39. The first-order chi connectivity index (χ1) is 12.7. The van der Waals surface area contributed by atoms with Crippen molar-refractivity contribution in [1.29, 1.82) is 0 Å². The summed E-state index contributed by atoms with van der Waals surface area (Å²) in [6.07, 6.45) is 4.87. The molecular weight excluding hydrogens is 338 g/mol. The average molecular weight is 365 g/mol. The van der Waals surface area contributed by atoms with Crippen LogP contribution >= 0.6 is 0 Å².